The predicted octanol–water partition coefficient (Wildman–Crippen LogP) is 0.911. The average molecular weight is 271 g/mol. The third-order valence-electron chi connectivity index (χ3n) is 2.87. The van der Waals surface area contributed by atoms with Crippen molar-refractivity contribution in [2.75, 3.05) is 6.54 Å². The van der Waals surface area contributed by atoms with E-state index in [0.29, 0.717) is 12.2 Å². The van der Waals surface area contributed by atoms with Gasteiger partial charge in [0.1, 0.15) is 6.54 Å². The van der Waals surface area contributed by atoms with Crippen LogP contribution in [0.15, 0.2) is 47.3 Å². The topological polar surface area (TPSA) is 64.0 Å². The minimum absolute atomic E-state index is 0.0463. The van der Waals surface area contributed by atoms with Crippen LogP contribution in [0.4, 0.5) is 0 Å². The van der Waals surface area contributed by atoms with Crippen LogP contribution in [0.25, 0.3) is 0 Å². The summed E-state index contributed by atoms with van der Waals surface area (Å²) in [5.74, 6) is -0.207. The second-order valence-electron chi connectivity index (χ2n) is 4.56. The molecule has 1 amide bonds. The minimum Gasteiger partial charge on any atom is -0.354 e. The Morgan fingerprint density at radius 3 is 2.70 bits per heavy atom. The molecule has 0 aliphatic carbocycles. The van der Waals surface area contributed by atoms with Gasteiger partial charge in [0, 0.05) is 12.6 Å². The van der Waals surface area contributed by atoms with Gasteiger partial charge in [-0.05, 0) is 25.0 Å². The van der Waals surface area contributed by atoms with Crippen molar-refractivity contribution in [3.63, 3.8) is 0 Å². The zero-order valence-electron chi connectivity index (χ0n) is 11.4. The van der Waals surface area contributed by atoms with Crippen LogP contribution in [0, 0.1) is 6.92 Å². The number of aryl methyl sites for hydroxylation is 1. The number of carbonyl (C=O) groups is 1. The van der Waals surface area contributed by atoms with Gasteiger partial charge in [-0.3, -0.25) is 9.59 Å². The number of hydrogen-bond donors (Lipinski definition) is 1. The molecule has 1 aromatic carbocycles. The number of benzene rings is 1. The summed E-state index contributed by atoms with van der Waals surface area (Å²) in [6, 6.07) is 13.0. The fourth-order valence-electron chi connectivity index (χ4n) is 1.85. The lowest BCUT2D eigenvalue weighted by atomic mass is 10.1. The number of rotatable bonds is 5. The summed E-state index contributed by atoms with van der Waals surface area (Å²) in [6.07, 6.45) is 0.767. The Morgan fingerprint density at radius 1 is 1.20 bits per heavy atom. The first-order valence-corrected chi connectivity index (χ1v) is 6.50. The summed E-state index contributed by atoms with van der Waals surface area (Å²) in [5, 5.41) is 6.81. The number of carbonyl (C=O) groups excluding carboxylic acids is 1. The molecule has 0 aliphatic heterocycles. The van der Waals surface area contributed by atoms with E-state index in [1.807, 2.05) is 30.3 Å². The molecule has 0 saturated carbocycles. The smallest absolute Gasteiger partial charge is 0.267 e. The van der Waals surface area contributed by atoms with Crippen LogP contribution in [0.5, 0.6) is 0 Å². The van der Waals surface area contributed by atoms with E-state index in [-0.39, 0.29) is 18.0 Å². The van der Waals surface area contributed by atoms with E-state index in [1.165, 1.54) is 16.3 Å². The monoisotopic (exact) mass is 271 g/mol. The minimum atomic E-state index is -0.270. The molecule has 2 rings (SSSR count). The predicted molar refractivity (Wildman–Crippen MR) is 76.4 cm³/mol. The maximum Gasteiger partial charge on any atom is 0.267 e. The van der Waals surface area contributed by atoms with Crippen molar-refractivity contribution in [1.82, 2.24) is 15.1 Å². The number of aromatic nitrogens is 2. The van der Waals surface area contributed by atoms with Crippen molar-refractivity contribution < 1.29 is 4.79 Å². The molecule has 0 atom stereocenters. The first kappa shape index (κ1) is 14.0. The van der Waals surface area contributed by atoms with Gasteiger partial charge in [0.05, 0.1) is 5.69 Å². The third kappa shape index (κ3) is 4.05. The van der Waals surface area contributed by atoms with Crippen LogP contribution in [0.3, 0.4) is 0 Å². The number of nitrogens with one attached hydrogen (secondary N) is 1. The quantitative estimate of drug-likeness (QED) is 0.879. The van der Waals surface area contributed by atoms with Crippen molar-refractivity contribution in [1.29, 1.82) is 0 Å². The molecule has 0 fully saturated rings. The molecule has 0 radical (unpaired) electrons. The highest BCUT2D eigenvalue weighted by Crippen LogP contribution is 1.98. The highest BCUT2D eigenvalue weighted by Gasteiger charge is 2.05. The van der Waals surface area contributed by atoms with E-state index in [9.17, 15) is 9.59 Å². The zero-order valence-corrected chi connectivity index (χ0v) is 11.4. The molecule has 1 heterocycles. The van der Waals surface area contributed by atoms with Crippen LogP contribution in [-0.4, -0.2) is 22.2 Å². The van der Waals surface area contributed by atoms with Gasteiger partial charge < -0.3 is 5.32 Å². The van der Waals surface area contributed by atoms with E-state index < -0.39 is 0 Å². The molecule has 0 spiro atoms. The van der Waals surface area contributed by atoms with Crippen LogP contribution in [0.1, 0.15) is 11.3 Å². The molecule has 0 unspecified atom stereocenters. The van der Waals surface area contributed by atoms with E-state index in [4.69, 9.17) is 0 Å². The maximum atomic E-state index is 11.8. The Balaban J connectivity index is 1.84. The molecule has 0 bridgehead atoms. The summed E-state index contributed by atoms with van der Waals surface area (Å²) in [5.41, 5.74) is 1.61. The van der Waals surface area contributed by atoms with Gasteiger partial charge in [-0.1, -0.05) is 30.3 Å². The fraction of sp³-hybridized carbons (Fsp3) is 0.267. The van der Waals surface area contributed by atoms with Crippen molar-refractivity contribution in [3.8, 4) is 0 Å². The zero-order chi connectivity index (χ0) is 14.4. The highest BCUT2D eigenvalue weighted by atomic mass is 16.2. The van der Waals surface area contributed by atoms with Crippen LogP contribution < -0.4 is 10.9 Å². The van der Waals surface area contributed by atoms with Gasteiger partial charge in [-0.2, -0.15) is 5.10 Å². The highest BCUT2D eigenvalue weighted by molar-refractivity contribution is 5.75. The summed E-state index contributed by atoms with van der Waals surface area (Å²) < 4.78 is 1.17. The second kappa shape index (κ2) is 6.65. The Hall–Kier alpha value is -2.43. The lowest BCUT2D eigenvalue weighted by Gasteiger charge is -2.07. The Kier molecular flexibility index (Phi) is 4.65. The van der Waals surface area contributed by atoms with E-state index >= 15 is 0 Å². The van der Waals surface area contributed by atoms with Gasteiger partial charge in [0.25, 0.3) is 5.56 Å². The molecular formula is C15H17N3O2. The Morgan fingerprint density at radius 2 is 1.95 bits per heavy atom. The standard InChI is InChI=1S/C15H17N3O2/c1-12-7-8-15(20)18(17-12)11-14(19)16-10-9-13-5-3-2-4-6-13/h2-8H,9-11H2,1H3,(H,16,19). The average Bonchev–Trinajstić information content (AvgIpc) is 2.44. The van der Waals surface area contributed by atoms with E-state index in [1.54, 1.807) is 13.0 Å². The lowest BCUT2D eigenvalue weighted by molar-refractivity contribution is -0.121. The normalized spacial score (nSPS) is 10.2. The van der Waals surface area contributed by atoms with Gasteiger partial charge in [0.15, 0.2) is 0 Å². The summed E-state index contributed by atoms with van der Waals surface area (Å²) in [6.45, 7) is 2.28. The first-order chi connectivity index (χ1) is 9.65. The number of amides is 1. The Bertz CT molecular complexity index is 635. The summed E-state index contributed by atoms with van der Waals surface area (Å²) >= 11 is 0. The van der Waals surface area contributed by atoms with Crippen LogP contribution in [0.2, 0.25) is 0 Å². The number of nitrogens with zero attached hydrogens (tertiary/aromatic N) is 2. The van der Waals surface area contributed by atoms with Crippen LogP contribution in [-0.2, 0) is 17.8 Å². The first-order valence-electron chi connectivity index (χ1n) is 6.50. The van der Waals surface area contributed by atoms with E-state index in [0.717, 1.165) is 6.42 Å². The fourth-order valence-corrected chi connectivity index (χ4v) is 1.85. The largest absolute Gasteiger partial charge is 0.354 e. The summed E-state index contributed by atoms with van der Waals surface area (Å²) in [7, 11) is 0. The molecule has 5 heteroatoms. The van der Waals surface area contributed by atoms with Crippen molar-refractivity contribution in [2.45, 2.75) is 19.9 Å². The molecule has 20 heavy (non-hydrogen) atoms. The lowest BCUT2D eigenvalue weighted by Crippen LogP contribution is -2.34. The molecule has 1 N–H and O–H groups in total. The van der Waals surface area contributed by atoms with Crippen molar-refractivity contribution in [3.05, 3.63) is 64.1 Å². The third-order valence-corrected chi connectivity index (χ3v) is 2.87. The molecule has 0 aliphatic rings. The molecule has 0 saturated heterocycles. The maximum absolute atomic E-state index is 11.8. The number of hydrogen-bond acceptors (Lipinski definition) is 3. The Labute approximate surface area is 117 Å². The van der Waals surface area contributed by atoms with E-state index in [2.05, 4.69) is 10.4 Å². The van der Waals surface area contributed by atoms with Gasteiger partial charge in [0.2, 0.25) is 5.91 Å². The summed E-state index contributed by atoms with van der Waals surface area (Å²) in [4.78, 5) is 23.3. The van der Waals surface area contributed by atoms with Gasteiger partial charge >= 0.3 is 0 Å². The van der Waals surface area contributed by atoms with Crippen molar-refractivity contribution in [2.24, 2.45) is 0 Å². The molecule has 104 valence electrons. The van der Waals surface area contributed by atoms with Crippen LogP contribution >= 0.6 is 0 Å². The molecule has 1 aromatic heterocycles. The van der Waals surface area contributed by atoms with Gasteiger partial charge in [-0.25, -0.2) is 4.68 Å². The SMILES string of the molecule is Cc1ccc(=O)n(CC(=O)NCCc2ccccc2)n1. The van der Waals surface area contributed by atoms with Crippen molar-refractivity contribution >= 4 is 5.91 Å². The molecule has 5 nitrogen and oxygen atoms in total. The molecular weight excluding hydrogens is 254 g/mol. The van der Waals surface area contributed by atoms with Gasteiger partial charge in [-0.15, -0.1) is 0 Å². The second-order valence-corrected chi connectivity index (χ2v) is 4.56. The molecule has 2 aromatic rings.